The second kappa shape index (κ2) is 2.34. The number of hydrogen-bond acceptors (Lipinski definition) is 2. The molecule has 5 heteroatoms. The van der Waals surface area contributed by atoms with Crippen LogP contribution in [0.25, 0.3) is 0 Å². The summed E-state index contributed by atoms with van der Waals surface area (Å²) in [6, 6.07) is -2.32. The molecule has 0 saturated heterocycles. The van der Waals surface area contributed by atoms with E-state index in [1.54, 1.807) is 0 Å². The molecule has 0 bridgehead atoms. The fourth-order valence-electron chi connectivity index (χ4n) is 0.230. The predicted octanol–water partition coefficient (Wildman–Crippen LogP) is 0.465. The van der Waals surface area contributed by atoms with Crippen LogP contribution in [0, 0.1) is 0 Å². The van der Waals surface area contributed by atoms with Crippen molar-refractivity contribution in [1.29, 1.82) is 0 Å². The molecule has 0 unspecified atom stereocenters. The molecule has 0 fully saturated rings. The SMILES string of the molecule is CC(=O)[C@H](N)C(F)(F)F. The molecule has 0 spiro atoms. The monoisotopic (exact) mass is 141 g/mol. The Morgan fingerprint density at radius 2 is 1.89 bits per heavy atom. The maximum Gasteiger partial charge on any atom is 0.410 e. The van der Waals surface area contributed by atoms with Crippen LogP contribution in [-0.2, 0) is 4.79 Å². The van der Waals surface area contributed by atoms with Crippen LogP contribution in [0.3, 0.4) is 0 Å². The van der Waals surface area contributed by atoms with E-state index < -0.39 is 18.0 Å². The molecule has 1 atom stereocenters. The number of halogens is 3. The third kappa shape index (κ3) is 2.46. The van der Waals surface area contributed by atoms with Crippen LogP contribution >= 0.6 is 0 Å². The van der Waals surface area contributed by atoms with Gasteiger partial charge in [0.1, 0.15) is 0 Å². The lowest BCUT2D eigenvalue weighted by atomic mass is 10.2. The van der Waals surface area contributed by atoms with Gasteiger partial charge >= 0.3 is 6.18 Å². The Bertz CT molecular complexity index is 119. The Labute approximate surface area is 49.8 Å². The molecule has 0 saturated carbocycles. The molecule has 54 valence electrons. The second-order valence-electron chi connectivity index (χ2n) is 1.63. The van der Waals surface area contributed by atoms with E-state index in [-0.39, 0.29) is 0 Å². The summed E-state index contributed by atoms with van der Waals surface area (Å²) < 4.78 is 34.1. The quantitative estimate of drug-likeness (QED) is 0.576. The zero-order valence-electron chi connectivity index (χ0n) is 4.70. The minimum Gasteiger partial charge on any atom is -0.314 e. The molecule has 0 aromatic rings. The summed E-state index contributed by atoms with van der Waals surface area (Å²) >= 11 is 0. The largest absolute Gasteiger partial charge is 0.410 e. The maximum absolute atomic E-state index is 11.4. The number of carbonyl (C=O) groups is 1. The Hall–Kier alpha value is -0.580. The van der Waals surface area contributed by atoms with E-state index in [4.69, 9.17) is 0 Å². The normalized spacial score (nSPS) is 15.2. The minimum atomic E-state index is -4.59. The Kier molecular flexibility index (Phi) is 2.19. The van der Waals surface area contributed by atoms with E-state index in [0.29, 0.717) is 0 Å². The fraction of sp³-hybridized carbons (Fsp3) is 0.750. The van der Waals surface area contributed by atoms with Crippen molar-refractivity contribution in [2.75, 3.05) is 0 Å². The third-order valence-corrected chi connectivity index (χ3v) is 0.791. The Balaban J connectivity index is 4.04. The van der Waals surface area contributed by atoms with Crippen LogP contribution in [0.15, 0.2) is 0 Å². The average molecular weight is 141 g/mol. The summed E-state index contributed by atoms with van der Waals surface area (Å²) in [7, 11) is 0. The first-order valence-electron chi connectivity index (χ1n) is 2.18. The zero-order valence-corrected chi connectivity index (χ0v) is 4.70. The lowest BCUT2D eigenvalue weighted by Crippen LogP contribution is -2.42. The van der Waals surface area contributed by atoms with E-state index in [1.807, 2.05) is 0 Å². The van der Waals surface area contributed by atoms with Gasteiger partial charge in [-0.1, -0.05) is 0 Å². The molecule has 0 aromatic carbocycles. The van der Waals surface area contributed by atoms with Gasteiger partial charge in [0.25, 0.3) is 0 Å². The predicted molar refractivity (Wildman–Crippen MR) is 24.7 cm³/mol. The van der Waals surface area contributed by atoms with Gasteiger partial charge in [-0.2, -0.15) is 13.2 Å². The number of Topliss-reactive ketones (excluding diaryl/α,β-unsaturated/α-hetero) is 1. The van der Waals surface area contributed by atoms with Gasteiger partial charge in [-0.05, 0) is 6.92 Å². The lowest BCUT2D eigenvalue weighted by molar-refractivity contribution is -0.159. The number of carbonyl (C=O) groups excluding carboxylic acids is 1. The molecule has 2 nitrogen and oxygen atoms in total. The van der Waals surface area contributed by atoms with Crippen LogP contribution in [0.5, 0.6) is 0 Å². The van der Waals surface area contributed by atoms with Crippen LogP contribution in [0.1, 0.15) is 6.92 Å². The van der Waals surface area contributed by atoms with Crippen molar-refractivity contribution < 1.29 is 18.0 Å². The summed E-state index contributed by atoms with van der Waals surface area (Å²) in [5.74, 6) is -1.07. The average Bonchev–Trinajstić information content (AvgIpc) is 1.62. The minimum absolute atomic E-state index is 0.804. The summed E-state index contributed by atoms with van der Waals surface area (Å²) in [4.78, 5) is 9.95. The van der Waals surface area contributed by atoms with Crippen LogP contribution in [-0.4, -0.2) is 18.0 Å². The van der Waals surface area contributed by atoms with Gasteiger partial charge in [-0.15, -0.1) is 0 Å². The number of ketones is 1. The molecule has 0 radical (unpaired) electrons. The molecule has 0 aromatic heterocycles. The molecule has 0 heterocycles. The molecule has 0 aliphatic carbocycles. The molecular weight excluding hydrogens is 135 g/mol. The van der Waals surface area contributed by atoms with Crippen molar-refractivity contribution in [3.8, 4) is 0 Å². The van der Waals surface area contributed by atoms with Gasteiger partial charge in [0.15, 0.2) is 11.8 Å². The number of alkyl halides is 3. The highest BCUT2D eigenvalue weighted by Crippen LogP contribution is 2.18. The van der Waals surface area contributed by atoms with Crippen LogP contribution in [0.4, 0.5) is 13.2 Å². The Morgan fingerprint density at radius 1 is 1.56 bits per heavy atom. The molecule has 9 heavy (non-hydrogen) atoms. The van der Waals surface area contributed by atoms with Crippen molar-refractivity contribution in [1.82, 2.24) is 0 Å². The first-order chi connectivity index (χ1) is 3.85. The lowest BCUT2D eigenvalue weighted by Gasteiger charge is -2.10. The van der Waals surface area contributed by atoms with Gasteiger partial charge in [0.2, 0.25) is 0 Å². The number of hydrogen-bond donors (Lipinski definition) is 1. The van der Waals surface area contributed by atoms with E-state index in [1.165, 1.54) is 0 Å². The zero-order chi connectivity index (χ0) is 7.65. The van der Waals surface area contributed by atoms with E-state index in [9.17, 15) is 18.0 Å². The first kappa shape index (κ1) is 8.42. The molecule has 0 amide bonds. The van der Waals surface area contributed by atoms with Gasteiger partial charge < -0.3 is 5.73 Å². The van der Waals surface area contributed by atoms with Gasteiger partial charge in [-0.25, -0.2) is 0 Å². The van der Waals surface area contributed by atoms with E-state index in [0.717, 1.165) is 6.92 Å². The van der Waals surface area contributed by atoms with Crippen molar-refractivity contribution in [3.05, 3.63) is 0 Å². The molecule has 2 N–H and O–H groups in total. The van der Waals surface area contributed by atoms with Gasteiger partial charge in [0.05, 0.1) is 0 Å². The Morgan fingerprint density at radius 3 is 1.89 bits per heavy atom. The van der Waals surface area contributed by atoms with Crippen LogP contribution in [0.2, 0.25) is 0 Å². The summed E-state index contributed by atoms with van der Waals surface area (Å²) in [6.07, 6.45) is -4.59. The first-order valence-corrected chi connectivity index (χ1v) is 2.18. The van der Waals surface area contributed by atoms with Crippen molar-refractivity contribution in [2.45, 2.75) is 19.1 Å². The smallest absolute Gasteiger partial charge is 0.314 e. The standard InChI is InChI=1S/C4H6F3NO/c1-2(9)3(8)4(5,6)7/h3H,8H2,1H3/t3-/m0/s1. The highest BCUT2D eigenvalue weighted by molar-refractivity contribution is 5.81. The fourth-order valence-corrected chi connectivity index (χ4v) is 0.230. The summed E-state index contributed by atoms with van der Waals surface area (Å²) in [5, 5.41) is 0. The van der Waals surface area contributed by atoms with Crippen molar-refractivity contribution >= 4 is 5.78 Å². The van der Waals surface area contributed by atoms with Gasteiger partial charge in [-0.3, -0.25) is 4.79 Å². The highest BCUT2D eigenvalue weighted by atomic mass is 19.4. The molecule has 0 rings (SSSR count). The number of rotatable bonds is 1. The topological polar surface area (TPSA) is 43.1 Å². The highest BCUT2D eigenvalue weighted by Gasteiger charge is 2.39. The second-order valence-corrected chi connectivity index (χ2v) is 1.63. The molecule has 0 aliphatic rings. The third-order valence-electron chi connectivity index (χ3n) is 0.791. The number of nitrogens with two attached hydrogens (primary N) is 1. The van der Waals surface area contributed by atoms with Crippen molar-refractivity contribution in [3.63, 3.8) is 0 Å². The molecule has 0 aliphatic heterocycles. The maximum atomic E-state index is 11.4. The van der Waals surface area contributed by atoms with E-state index >= 15 is 0 Å². The van der Waals surface area contributed by atoms with E-state index in [2.05, 4.69) is 5.73 Å². The van der Waals surface area contributed by atoms with Crippen LogP contribution < -0.4 is 5.73 Å². The summed E-state index contributed by atoms with van der Waals surface area (Å²) in [5.41, 5.74) is 4.42. The van der Waals surface area contributed by atoms with Crippen molar-refractivity contribution in [2.24, 2.45) is 5.73 Å². The summed E-state index contributed by atoms with van der Waals surface area (Å²) in [6.45, 7) is 0.804. The van der Waals surface area contributed by atoms with Gasteiger partial charge in [0, 0.05) is 0 Å². The molecular formula is C4H6F3NO.